The molecule has 0 spiro atoms. The second kappa shape index (κ2) is 10.4. The molecule has 3 N–H and O–H groups in total. The van der Waals surface area contributed by atoms with Crippen molar-refractivity contribution in [2.45, 2.75) is 6.92 Å². The van der Waals surface area contributed by atoms with Crippen LogP contribution in [0.1, 0.15) is 15.9 Å². The average molecular weight is 534 g/mol. The van der Waals surface area contributed by atoms with E-state index in [9.17, 15) is 20.0 Å². The second-order valence-corrected chi connectivity index (χ2v) is 9.10. The van der Waals surface area contributed by atoms with Gasteiger partial charge in [0.25, 0.3) is 11.6 Å². The number of anilines is 2. The second-order valence-electron chi connectivity index (χ2n) is 8.69. The van der Waals surface area contributed by atoms with Crippen LogP contribution in [-0.4, -0.2) is 52.3 Å². The fourth-order valence-electron chi connectivity index (χ4n) is 4.16. The number of carbonyl (C=O) groups is 1. The van der Waals surface area contributed by atoms with Gasteiger partial charge in [0.1, 0.15) is 17.0 Å². The van der Waals surface area contributed by atoms with Gasteiger partial charge in [-0.05, 0) is 67.2 Å². The van der Waals surface area contributed by atoms with Crippen LogP contribution in [0.15, 0.2) is 59.0 Å². The van der Waals surface area contributed by atoms with Crippen LogP contribution in [0.4, 0.5) is 17.1 Å². The first-order valence-corrected chi connectivity index (χ1v) is 12.1. The van der Waals surface area contributed by atoms with Gasteiger partial charge in [0.15, 0.2) is 10.7 Å². The third kappa shape index (κ3) is 5.26. The van der Waals surface area contributed by atoms with E-state index in [1.165, 1.54) is 18.2 Å². The van der Waals surface area contributed by atoms with E-state index in [0.29, 0.717) is 54.3 Å². The molecule has 5 rings (SSSR count). The number of amides is 1. The largest absolute Gasteiger partial charge is 0.507 e. The number of nitrogens with one attached hydrogen (secondary N) is 2. The van der Waals surface area contributed by atoms with Crippen molar-refractivity contribution in [3.05, 3.63) is 75.8 Å². The predicted octanol–water partition coefficient (Wildman–Crippen LogP) is 4.38. The van der Waals surface area contributed by atoms with Gasteiger partial charge in [-0.2, -0.15) is 0 Å². The number of fused-ring (bicyclic) bond motifs is 1. The van der Waals surface area contributed by atoms with Gasteiger partial charge >= 0.3 is 0 Å². The molecule has 0 radical (unpaired) electrons. The number of phenols is 1. The van der Waals surface area contributed by atoms with Crippen LogP contribution in [0.25, 0.3) is 22.6 Å². The van der Waals surface area contributed by atoms with Crippen molar-refractivity contribution in [3.63, 3.8) is 0 Å². The van der Waals surface area contributed by atoms with Crippen LogP contribution < -0.4 is 15.5 Å². The Labute approximate surface area is 222 Å². The number of morpholine rings is 1. The number of aryl methyl sites for hydroxylation is 1. The molecule has 1 fully saturated rings. The van der Waals surface area contributed by atoms with E-state index >= 15 is 0 Å². The summed E-state index contributed by atoms with van der Waals surface area (Å²) in [5.41, 5.74) is 3.43. The smallest absolute Gasteiger partial charge is 0.293 e. The van der Waals surface area contributed by atoms with Crippen LogP contribution in [-0.2, 0) is 4.74 Å². The van der Waals surface area contributed by atoms with Crippen LogP contribution in [0.5, 0.6) is 5.75 Å². The standard InChI is InChI=1S/C26H23N5O6S/c1-15-2-7-23-19(12-15)28-25(37-23)18-14-17(4-6-22(18)32)27-26(38)29-24(33)16-3-5-20(21(13-16)31(34)35)30-8-10-36-11-9-30/h2-7,12-14,32H,8-11H2,1H3,(H2,27,29,33,38). The van der Waals surface area contributed by atoms with E-state index in [1.807, 2.05) is 30.0 Å². The molecule has 0 saturated carbocycles. The third-order valence-corrected chi connectivity index (χ3v) is 6.25. The lowest BCUT2D eigenvalue weighted by atomic mass is 10.1. The molecule has 1 amide bonds. The Morgan fingerprint density at radius 2 is 1.92 bits per heavy atom. The quantitative estimate of drug-likeness (QED) is 0.146. The highest BCUT2D eigenvalue weighted by molar-refractivity contribution is 7.80. The summed E-state index contributed by atoms with van der Waals surface area (Å²) in [6, 6.07) is 14.5. The molecule has 1 aliphatic rings. The highest BCUT2D eigenvalue weighted by Crippen LogP contribution is 2.34. The Morgan fingerprint density at radius 3 is 2.68 bits per heavy atom. The number of nitrogens with zero attached hydrogens (tertiary/aromatic N) is 3. The number of rotatable bonds is 5. The van der Waals surface area contributed by atoms with Gasteiger partial charge in [0, 0.05) is 30.4 Å². The van der Waals surface area contributed by atoms with Crippen LogP contribution in [0.3, 0.4) is 0 Å². The Balaban J connectivity index is 1.31. The monoisotopic (exact) mass is 533 g/mol. The summed E-state index contributed by atoms with van der Waals surface area (Å²) in [6.45, 7) is 3.95. The van der Waals surface area contributed by atoms with Crippen molar-refractivity contribution in [1.82, 2.24) is 10.3 Å². The van der Waals surface area contributed by atoms with Crippen molar-refractivity contribution >= 4 is 51.4 Å². The molecule has 0 atom stereocenters. The van der Waals surface area contributed by atoms with E-state index in [2.05, 4.69) is 15.6 Å². The first-order chi connectivity index (χ1) is 18.3. The number of hydrogen-bond donors (Lipinski definition) is 3. The molecule has 0 aliphatic carbocycles. The average Bonchev–Trinajstić information content (AvgIpc) is 3.32. The lowest BCUT2D eigenvalue weighted by molar-refractivity contribution is -0.384. The van der Waals surface area contributed by atoms with E-state index in [4.69, 9.17) is 21.4 Å². The molecule has 4 aromatic rings. The molecule has 3 aromatic carbocycles. The SMILES string of the molecule is Cc1ccc2oc(-c3cc(NC(=S)NC(=O)c4ccc(N5CCOCC5)c([N+](=O)[O-])c4)ccc3O)nc2c1. The van der Waals surface area contributed by atoms with Crippen molar-refractivity contribution in [1.29, 1.82) is 0 Å². The number of hydrogen-bond acceptors (Lipinski definition) is 9. The molecule has 1 saturated heterocycles. The maximum Gasteiger partial charge on any atom is 0.293 e. The molecule has 38 heavy (non-hydrogen) atoms. The first kappa shape index (κ1) is 25.1. The van der Waals surface area contributed by atoms with Crippen molar-refractivity contribution in [3.8, 4) is 17.2 Å². The summed E-state index contributed by atoms with van der Waals surface area (Å²) in [5, 5.41) is 27.5. The molecule has 1 aromatic heterocycles. The Bertz CT molecular complexity index is 1560. The van der Waals surface area contributed by atoms with Crippen LogP contribution in [0, 0.1) is 17.0 Å². The number of thiocarbonyl (C=S) groups is 1. The maximum absolute atomic E-state index is 12.8. The van der Waals surface area contributed by atoms with Gasteiger partial charge in [0.2, 0.25) is 5.89 Å². The molecule has 0 bridgehead atoms. The van der Waals surface area contributed by atoms with Crippen molar-refractivity contribution < 1.29 is 24.0 Å². The van der Waals surface area contributed by atoms with Gasteiger partial charge < -0.3 is 24.5 Å². The number of aromatic nitrogens is 1. The lowest BCUT2D eigenvalue weighted by Gasteiger charge is -2.28. The lowest BCUT2D eigenvalue weighted by Crippen LogP contribution is -2.37. The topological polar surface area (TPSA) is 143 Å². The Morgan fingerprint density at radius 1 is 1.13 bits per heavy atom. The number of oxazole rings is 1. The van der Waals surface area contributed by atoms with Crippen LogP contribution >= 0.6 is 12.2 Å². The highest BCUT2D eigenvalue weighted by Gasteiger charge is 2.24. The molecule has 1 aliphatic heterocycles. The predicted molar refractivity (Wildman–Crippen MR) is 146 cm³/mol. The fraction of sp³-hybridized carbons (Fsp3) is 0.192. The highest BCUT2D eigenvalue weighted by atomic mass is 32.1. The summed E-state index contributed by atoms with van der Waals surface area (Å²) < 4.78 is 11.1. The Hall–Kier alpha value is -4.55. The van der Waals surface area contributed by atoms with Gasteiger partial charge in [-0.15, -0.1) is 0 Å². The number of nitro benzene ring substituents is 1. The Kier molecular flexibility index (Phi) is 6.90. The molecular formula is C26H23N5O6S. The number of ether oxygens (including phenoxy) is 1. The molecule has 12 heteroatoms. The third-order valence-electron chi connectivity index (χ3n) is 6.04. The summed E-state index contributed by atoms with van der Waals surface area (Å²) in [4.78, 5) is 30.3. The number of benzene rings is 3. The van der Waals surface area contributed by atoms with Gasteiger partial charge in [-0.1, -0.05) is 6.07 Å². The zero-order valence-electron chi connectivity index (χ0n) is 20.3. The minimum Gasteiger partial charge on any atom is -0.507 e. The summed E-state index contributed by atoms with van der Waals surface area (Å²) in [5.74, 6) is -0.414. The van der Waals surface area contributed by atoms with E-state index in [0.717, 1.165) is 5.56 Å². The number of aromatic hydroxyl groups is 1. The molecular weight excluding hydrogens is 510 g/mol. The normalized spacial score (nSPS) is 13.3. The maximum atomic E-state index is 12.8. The van der Waals surface area contributed by atoms with Crippen LogP contribution in [0.2, 0.25) is 0 Å². The van der Waals surface area contributed by atoms with Gasteiger partial charge in [0.05, 0.1) is 23.7 Å². The first-order valence-electron chi connectivity index (χ1n) is 11.7. The molecule has 0 unspecified atom stereocenters. The minimum atomic E-state index is -0.604. The van der Waals surface area contributed by atoms with E-state index < -0.39 is 10.8 Å². The molecule has 11 nitrogen and oxygen atoms in total. The zero-order valence-corrected chi connectivity index (χ0v) is 21.1. The van der Waals surface area contributed by atoms with Gasteiger partial charge in [-0.25, -0.2) is 4.98 Å². The summed E-state index contributed by atoms with van der Waals surface area (Å²) >= 11 is 5.28. The number of carbonyl (C=O) groups excluding carboxylic acids is 1. The summed E-state index contributed by atoms with van der Waals surface area (Å²) in [6.07, 6.45) is 0. The number of phenolic OH excluding ortho intramolecular Hbond substituents is 1. The minimum absolute atomic E-state index is 0.0280. The van der Waals surface area contributed by atoms with E-state index in [1.54, 1.807) is 18.2 Å². The fourth-order valence-corrected chi connectivity index (χ4v) is 4.37. The van der Waals surface area contributed by atoms with E-state index in [-0.39, 0.29) is 28.0 Å². The number of nitro groups is 1. The zero-order chi connectivity index (χ0) is 26.8. The van der Waals surface area contributed by atoms with Crippen molar-refractivity contribution in [2.75, 3.05) is 36.5 Å². The van der Waals surface area contributed by atoms with Gasteiger partial charge in [-0.3, -0.25) is 20.2 Å². The molecule has 2 heterocycles. The molecule has 194 valence electrons. The van der Waals surface area contributed by atoms with Crippen molar-refractivity contribution in [2.24, 2.45) is 0 Å². The summed E-state index contributed by atoms with van der Waals surface area (Å²) in [7, 11) is 0.